The third kappa shape index (κ3) is 4.24. The van der Waals surface area contributed by atoms with E-state index in [4.69, 9.17) is 4.74 Å². The molecule has 2 aromatic carbocycles. The molecule has 0 bridgehead atoms. The van der Waals surface area contributed by atoms with E-state index < -0.39 is 0 Å². The quantitative estimate of drug-likeness (QED) is 0.437. The molecule has 162 valence electrons. The van der Waals surface area contributed by atoms with E-state index in [0.717, 1.165) is 16.9 Å². The van der Waals surface area contributed by atoms with E-state index >= 15 is 0 Å². The predicted octanol–water partition coefficient (Wildman–Crippen LogP) is 4.27. The van der Waals surface area contributed by atoms with Gasteiger partial charge in [0.1, 0.15) is 29.9 Å². The van der Waals surface area contributed by atoms with Crippen molar-refractivity contribution in [2.24, 2.45) is 0 Å². The average molecular weight is 437 g/mol. The zero-order valence-corrected chi connectivity index (χ0v) is 17.9. The fourth-order valence-corrected chi connectivity index (χ4v) is 3.24. The van der Waals surface area contributed by atoms with Gasteiger partial charge in [-0.1, -0.05) is 12.1 Å². The lowest BCUT2D eigenvalue weighted by molar-refractivity contribution is 0.102. The van der Waals surface area contributed by atoms with E-state index in [9.17, 15) is 4.79 Å². The summed E-state index contributed by atoms with van der Waals surface area (Å²) in [5.74, 6) is 1.29. The van der Waals surface area contributed by atoms with Crippen LogP contribution in [0.4, 0.5) is 5.69 Å². The van der Waals surface area contributed by atoms with Crippen molar-refractivity contribution in [2.45, 2.75) is 13.8 Å². The van der Waals surface area contributed by atoms with Crippen molar-refractivity contribution in [3.05, 3.63) is 90.5 Å². The highest BCUT2D eigenvalue weighted by molar-refractivity contribution is 6.03. The molecule has 0 atom stereocenters. The second-order valence-corrected chi connectivity index (χ2v) is 7.32. The van der Waals surface area contributed by atoms with E-state index in [0.29, 0.717) is 28.7 Å². The third-order valence-electron chi connectivity index (χ3n) is 5.14. The number of carbonyl (C=O) groups is 1. The average Bonchev–Trinajstić information content (AvgIpc) is 3.18. The van der Waals surface area contributed by atoms with E-state index in [-0.39, 0.29) is 11.6 Å². The molecule has 1 amide bonds. The number of nitrogens with one attached hydrogen (secondary N) is 1. The number of benzene rings is 2. The summed E-state index contributed by atoms with van der Waals surface area (Å²) >= 11 is 0. The number of rotatable bonds is 5. The molecule has 5 aromatic rings. The molecule has 0 aliphatic carbocycles. The Morgan fingerprint density at radius 3 is 2.48 bits per heavy atom. The number of fused-ring (bicyclic) bond motifs is 1. The first-order chi connectivity index (χ1) is 16.1. The van der Waals surface area contributed by atoms with Crippen LogP contribution in [0.1, 0.15) is 21.9 Å². The molecule has 0 saturated heterocycles. The van der Waals surface area contributed by atoms with Gasteiger partial charge in [-0.05, 0) is 50.2 Å². The number of carbonyl (C=O) groups excluding carboxylic acids is 1. The maximum Gasteiger partial charge on any atom is 0.275 e. The van der Waals surface area contributed by atoms with E-state index in [1.807, 2.05) is 42.7 Å². The smallest absolute Gasteiger partial charge is 0.275 e. The van der Waals surface area contributed by atoms with Gasteiger partial charge >= 0.3 is 0 Å². The Morgan fingerprint density at radius 2 is 1.73 bits per heavy atom. The number of ether oxygens (including phenoxy) is 1. The van der Waals surface area contributed by atoms with Crippen LogP contribution in [0.5, 0.6) is 11.6 Å². The van der Waals surface area contributed by atoms with Crippen molar-refractivity contribution >= 4 is 22.6 Å². The van der Waals surface area contributed by atoms with Crippen LogP contribution in [-0.2, 0) is 0 Å². The maximum atomic E-state index is 12.6. The second kappa shape index (κ2) is 8.46. The van der Waals surface area contributed by atoms with Crippen molar-refractivity contribution < 1.29 is 9.53 Å². The highest BCUT2D eigenvalue weighted by Crippen LogP contribution is 2.23. The van der Waals surface area contributed by atoms with Crippen LogP contribution in [0.15, 0.2) is 73.4 Å². The second-order valence-electron chi connectivity index (χ2n) is 7.32. The topological polar surface area (TPSA) is 108 Å². The van der Waals surface area contributed by atoms with Crippen molar-refractivity contribution in [3.63, 3.8) is 0 Å². The molecule has 5 rings (SSSR count). The van der Waals surface area contributed by atoms with E-state index in [1.54, 1.807) is 36.7 Å². The normalized spacial score (nSPS) is 10.8. The molecule has 9 heteroatoms. The van der Waals surface area contributed by atoms with Crippen molar-refractivity contribution in [1.82, 2.24) is 29.5 Å². The molecule has 33 heavy (non-hydrogen) atoms. The number of amides is 1. The molecule has 0 unspecified atom stereocenters. The van der Waals surface area contributed by atoms with Gasteiger partial charge in [0.15, 0.2) is 0 Å². The first-order valence-electron chi connectivity index (χ1n) is 10.2. The molecule has 0 spiro atoms. The largest absolute Gasteiger partial charge is 0.439 e. The van der Waals surface area contributed by atoms with Gasteiger partial charge in [0.2, 0.25) is 5.88 Å². The Hall–Kier alpha value is -4.66. The molecule has 0 aliphatic rings. The van der Waals surface area contributed by atoms with Gasteiger partial charge in [-0.2, -0.15) is 0 Å². The number of nitrogens with zero attached hydrogens (tertiary/aromatic N) is 6. The highest BCUT2D eigenvalue weighted by Gasteiger charge is 2.11. The summed E-state index contributed by atoms with van der Waals surface area (Å²) in [6.45, 7) is 3.92. The molecule has 0 aliphatic heterocycles. The zero-order chi connectivity index (χ0) is 22.8. The monoisotopic (exact) mass is 437 g/mol. The number of aryl methyl sites for hydroxylation is 1. The zero-order valence-electron chi connectivity index (χ0n) is 17.9. The summed E-state index contributed by atoms with van der Waals surface area (Å²) in [5, 5.41) is 2.82. The standard InChI is InChI=1S/C24H19N7O2/c1-15-16(2)31(14-28-15)22-11-23(27-13-26-22)33-18-9-7-17(8-10-18)29-24(32)21-12-25-19-5-3-4-6-20(19)30-21/h3-14H,1-2H3,(H,29,32). The number of hydrogen-bond acceptors (Lipinski definition) is 7. The van der Waals surface area contributed by atoms with Crippen LogP contribution >= 0.6 is 0 Å². The number of aromatic nitrogens is 6. The van der Waals surface area contributed by atoms with Gasteiger partial charge in [-0.3, -0.25) is 14.3 Å². The number of anilines is 1. The van der Waals surface area contributed by atoms with Gasteiger partial charge in [0, 0.05) is 17.4 Å². The van der Waals surface area contributed by atoms with Crippen LogP contribution < -0.4 is 10.1 Å². The third-order valence-corrected chi connectivity index (χ3v) is 5.14. The first kappa shape index (κ1) is 20.3. The first-order valence-corrected chi connectivity index (χ1v) is 10.2. The van der Waals surface area contributed by atoms with Gasteiger partial charge in [-0.15, -0.1) is 0 Å². The molecular weight excluding hydrogens is 418 g/mol. The summed E-state index contributed by atoms with van der Waals surface area (Å²) < 4.78 is 7.73. The molecule has 9 nitrogen and oxygen atoms in total. The van der Waals surface area contributed by atoms with Crippen LogP contribution in [0.25, 0.3) is 16.9 Å². The minimum atomic E-state index is -0.339. The van der Waals surface area contributed by atoms with Crippen molar-refractivity contribution in [1.29, 1.82) is 0 Å². The van der Waals surface area contributed by atoms with Gasteiger partial charge in [0.25, 0.3) is 5.91 Å². The Bertz CT molecular complexity index is 1460. The minimum Gasteiger partial charge on any atom is -0.439 e. The fraction of sp³-hybridized carbons (Fsp3) is 0.0833. The molecule has 3 aromatic heterocycles. The Morgan fingerprint density at radius 1 is 0.939 bits per heavy atom. The summed E-state index contributed by atoms with van der Waals surface area (Å²) in [6, 6.07) is 16.1. The molecule has 1 N–H and O–H groups in total. The maximum absolute atomic E-state index is 12.6. The summed E-state index contributed by atoms with van der Waals surface area (Å²) in [7, 11) is 0. The summed E-state index contributed by atoms with van der Waals surface area (Å²) in [6.07, 6.45) is 4.62. The molecule has 0 fully saturated rings. The fourth-order valence-electron chi connectivity index (χ4n) is 3.24. The van der Waals surface area contributed by atoms with Gasteiger partial charge < -0.3 is 10.1 Å². The summed E-state index contributed by atoms with van der Waals surface area (Å²) in [4.78, 5) is 34.0. The molecule has 3 heterocycles. The minimum absolute atomic E-state index is 0.243. The lowest BCUT2D eigenvalue weighted by Gasteiger charge is -2.09. The van der Waals surface area contributed by atoms with Crippen LogP contribution in [0.2, 0.25) is 0 Å². The van der Waals surface area contributed by atoms with Crippen molar-refractivity contribution in [3.8, 4) is 17.4 Å². The lowest BCUT2D eigenvalue weighted by Crippen LogP contribution is -2.14. The van der Waals surface area contributed by atoms with Crippen LogP contribution in [0.3, 0.4) is 0 Å². The molecule has 0 radical (unpaired) electrons. The SMILES string of the molecule is Cc1ncn(-c2cc(Oc3ccc(NC(=O)c4cnc5ccccc5n4)cc3)ncn2)c1C. The Balaban J connectivity index is 1.28. The van der Waals surface area contributed by atoms with Crippen LogP contribution in [0, 0.1) is 13.8 Å². The predicted molar refractivity (Wildman–Crippen MR) is 123 cm³/mol. The number of hydrogen-bond donors (Lipinski definition) is 1. The van der Waals surface area contributed by atoms with Crippen LogP contribution in [-0.4, -0.2) is 35.4 Å². The number of imidazole rings is 1. The molecular formula is C24H19N7O2. The Labute approximate surface area is 189 Å². The van der Waals surface area contributed by atoms with E-state index in [2.05, 4.69) is 30.2 Å². The lowest BCUT2D eigenvalue weighted by atomic mass is 10.2. The van der Waals surface area contributed by atoms with Crippen molar-refractivity contribution in [2.75, 3.05) is 5.32 Å². The highest BCUT2D eigenvalue weighted by atomic mass is 16.5. The summed E-state index contributed by atoms with van der Waals surface area (Å²) in [5.41, 5.74) is 4.18. The number of para-hydroxylation sites is 2. The van der Waals surface area contributed by atoms with Gasteiger partial charge in [0.05, 0.1) is 22.9 Å². The molecule has 0 saturated carbocycles. The Kier molecular flexibility index (Phi) is 5.19. The van der Waals surface area contributed by atoms with Gasteiger partial charge in [-0.25, -0.2) is 19.9 Å². The van der Waals surface area contributed by atoms with E-state index in [1.165, 1.54) is 12.5 Å².